The summed E-state index contributed by atoms with van der Waals surface area (Å²) in [5.74, 6) is 0.00157. The summed E-state index contributed by atoms with van der Waals surface area (Å²) in [7, 11) is 0. The van der Waals surface area contributed by atoms with Gasteiger partial charge in [0.25, 0.3) is 5.91 Å². The fraction of sp³-hybridized carbons (Fsp3) is 0.417. The standard InChI is InChI=1S/C12H15NO2S/c1-8-3-4-10(16-2)5-11(8)12(14)13-9-6-15-7-9/h3-5,9H,6-7H2,1-2H3,(H,13,14). The maximum absolute atomic E-state index is 12.0. The Labute approximate surface area is 99.6 Å². The van der Waals surface area contributed by atoms with E-state index in [1.54, 1.807) is 11.8 Å². The molecule has 2 rings (SSSR count). The Kier molecular flexibility index (Phi) is 3.51. The molecule has 1 amide bonds. The molecule has 0 spiro atoms. The average Bonchev–Trinajstić information content (AvgIpc) is 2.24. The summed E-state index contributed by atoms with van der Waals surface area (Å²) >= 11 is 1.64. The first kappa shape index (κ1) is 11.5. The molecule has 1 aliphatic heterocycles. The molecule has 1 heterocycles. The van der Waals surface area contributed by atoms with Gasteiger partial charge in [0.1, 0.15) is 0 Å². The number of carbonyl (C=O) groups excluding carboxylic acids is 1. The van der Waals surface area contributed by atoms with Crippen LogP contribution in [-0.4, -0.2) is 31.4 Å². The maximum atomic E-state index is 12.0. The van der Waals surface area contributed by atoms with Crippen molar-refractivity contribution in [1.29, 1.82) is 0 Å². The summed E-state index contributed by atoms with van der Waals surface area (Å²) < 4.78 is 5.03. The lowest BCUT2D eigenvalue weighted by Gasteiger charge is -2.27. The second kappa shape index (κ2) is 4.89. The summed E-state index contributed by atoms with van der Waals surface area (Å²) in [5.41, 5.74) is 1.77. The van der Waals surface area contributed by atoms with Crippen molar-refractivity contribution in [1.82, 2.24) is 5.32 Å². The van der Waals surface area contributed by atoms with Gasteiger partial charge in [-0.15, -0.1) is 11.8 Å². The number of benzene rings is 1. The van der Waals surface area contributed by atoms with Crippen LogP contribution in [0.5, 0.6) is 0 Å². The van der Waals surface area contributed by atoms with E-state index in [2.05, 4.69) is 5.32 Å². The van der Waals surface area contributed by atoms with Gasteiger partial charge in [0.15, 0.2) is 0 Å². The lowest BCUT2D eigenvalue weighted by molar-refractivity contribution is -0.00347. The molecule has 1 saturated heterocycles. The van der Waals surface area contributed by atoms with E-state index in [4.69, 9.17) is 4.74 Å². The molecule has 4 heteroatoms. The monoisotopic (exact) mass is 237 g/mol. The number of amides is 1. The van der Waals surface area contributed by atoms with Crippen molar-refractivity contribution in [2.45, 2.75) is 17.9 Å². The van der Waals surface area contributed by atoms with Gasteiger partial charge in [-0.25, -0.2) is 0 Å². The normalized spacial score (nSPS) is 15.6. The largest absolute Gasteiger partial charge is 0.377 e. The van der Waals surface area contributed by atoms with Crippen LogP contribution in [0.25, 0.3) is 0 Å². The van der Waals surface area contributed by atoms with E-state index in [-0.39, 0.29) is 11.9 Å². The summed E-state index contributed by atoms with van der Waals surface area (Å²) in [4.78, 5) is 13.1. The molecule has 1 aromatic carbocycles. The van der Waals surface area contributed by atoms with E-state index in [0.29, 0.717) is 13.2 Å². The van der Waals surface area contributed by atoms with Gasteiger partial charge < -0.3 is 10.1 Å². The lowest BCUT2D eigenvalue weighted by Crippen LogP contribution is -2.48. The highest BCUT2D eigenvalue weighted by atomic mass is 32.2. The maximum Gasteiger partial charge on any atom is 0.251 e. The van der Waals surface area contributed by atoms with E-state index in [1.807, 2.05) is 31.4 Å². The molecule has 0 aromatic heterocycles. The predicted octanol–water partition coefficient (Wildman–Crippen LogP) is 1.85. The summed E-state index contributed by atoms with van der Waals surface area (Å²) in [5, 5.41) is 2.95. The lowest BCUT2D eigenvalue weighted by atomic mass is 10.1. The van der Waals surface area contributed by atoms with Crippen LogP contribution in [-0.2, 0) is 4.74 Å². The van der Waals surface area contributed by atoms with Crippen LogP contribution < -0.4 is 5.32 Å². The van der Waals surface area contributed by atoms with Crippen LogP contribution in [0.3, 0.4) is 0 Å². The van der Waals surface area contributed by atoms with Crippen LogP contribution in [0.1, 0.15) is 15.9 Å². The van der Waals surface area contributed by atoms with Gasteiger partial charge in [-0.2, -0.15) is 0 Å². The molecule has 0 bridgehead atoms. The fourth-order valence-electron chi connectivity index (χ4n) is 1.55. The van der Waals surface area contributed by atoms with Gasteiger partial charge >= 0.3 is 0 Å². The smallest absolute Gasteiger partial charge is 0.251 e. The molecule has 1 aromatic rings. The summed E-state index contributed by atoms with van der Waals surface area (Å²) in [6.45, 7) is 3.22. The van der Waals surface area contributed by atoms with E-state index in [9.17, 15) is 4.79 Å². The van der Waals surface area contributed by atoms with E-state index in [1.165, 1.54) is 0 Å². The Morgan fingerprint density at radius 3 is 2.81 bits per heavy atom. The summed E-state index contributed by atoms with van der Waals surface area (Å²) in [6, 6.07) is 6.14. The second-order valence-electron chi connectivity index (χ2n) is 3.89. The van der Waals surface area contributed by atoms with Crippen molar-refractivity contribution in [2.75, 3.05) is 19.5 Å². The number of hydrogen-bond acceptors (Lipinski definition) is 3. The zero-order chi connectivity index (χ0) is 11.5. The SMILES string of the molecule is CSc1ccc(C)c(C(=O)NC2COC2)c1. The van der Waals surface area contributed by atoms with Gasteiger partial charge in [0.05, 0.1) is 19.3 Å². The molecule has 16 heavy (non-hydrogen) atoms. The Morgan fingerprint density at radius 1 is 1.50 bits per heavy atom. The minimum Gasteiger partial charge on any atom is -0.377 e. The molecule has 0 saturated carbocycles. The molecule has 1 fully saturated rings. The third kappa shape index (κ3) is 2.39. The number of ether oxygens (including phenoxy) is 1. The van der Waals surface area contributed by atoms with Gasteiger partial charge in [0, 0.05) is 10.5 Å². The van der Waals surface area contributed by atoms with Crippen molar-refractivity contribution in [2.24, 2.45) is 0 Å². The number of rotatable bonds is 3. The number of nitrogens with one attached hydrogen (secondary N) is 1. The first-order valence-electron chi connectivity index (χ1n) is 5.24. The minimum absolute atomic E-state index is 0.00157. The quantitative estimate of drug-likeness (QED) is 0.815. The number of thioether (sulfide) groups is 1. The molecule has 0 aliphatic carbocycles. The van der Waals surface area contributed by atoms with Crippen LogP contribution in [0.2, 0.25) is 0 Å². The molecule has 0 radical (unpaired) electrons. The van der Waals surface area contributed by atoms with Crippen molar-refractivity contribution >= 4 is 17.7 Å². The number of carbonyl (C=O) groups is 1. The van der Waals surface area contributed by atoms with Gasteiger partial charge in [-0.05, 0) is 30.9 Å². The first-order chi connectivity index (χ1) is 7.70. The molecule has 3 nitrogen and oxygen atoms in total. The van der Waals surface area contributed by atoms with Crippen molar-refractivity contribution in [3.8, 4) is 0 Å². The molecule has 0 atom stereocenters. The van der Waals surface area contributed by atoms with E-state index >= 15 is 0 Å². The molecule has 1 aliphatic rings. The number of hydrogen-bond donors (Lipinski definition) is 1. The second-order valence-corrected chi connectivity index (χ2v) is 4.77. The van der Waals surface area contributed by atoms with Crippen molar-refractivity contribution in [3.05, 3.63) is 29.3 Å². The van der Waals surface area contributed by atoms with E-state index in [0.717, 1.165) is 16.0 Å². The molecular formula is C12H15NO2S. The van der Waals surface area contributed by atoms with Gasteiger partial charge in [0.2, 0.25) is 0 Å². The van der Waals surface area contributed by atoms with Crippen LogP contribution >= 0.6 is 11.8 Å². The Hall–Kier alpha value is -1.00. The third-order valence-corrected chi connectivity index (χ3v) is 3.39. The fourth-order valence-corrected chi connectivity index (χ4v) is 1.99. The van der Waals surface area contributed by atoms with Crippen LogP contribution in [0.15, 0.2) is 23.1 Å². The minimum atomic E-state index is 0.00157. The average molecular weight is 237 g/mol. The topological polar surface area (TPSA) is 38.3 Å². The Bertz CT molecular complexity index is 402. The Morgan fingerprint density at radius 2 is 2.25 bits per heavy atom. The van der Waals surface area contributed by atoms with Gasteiger partial charge in [-0.1, -0.05) is 6.07 Å². The molecule has 86 valence electrons. The zero-order valence-corrected chi connectivity index (χ0v) is 10.3. The van der Waals surface area contributed by atoms with Crippen LogP contribution in [0.4, 0.5) is 0 Å². The number of aryl methyl sites for hydroxylation is 1. The Balaban J connectivity index is 2.13. The van der Waals surface area contributed by atoms with Crippen molar-refractivity contribution in [3.63, 3.8) is 0 Å². The molecular weight excluding hydrogens is 222 g/mol. The highest BCUT2D eigenvalue weighted by molar-refractivity contribution is 7.98. The predicted molar refractivity (Wildman–Crippen MR) is 65.0 cm³/mol. The highest BCUT2D eigenvalue weighted by Gasteiger charge is 2.21. The first-order valence-corrected chi connectivity index (χ1v) is 6.46. The van der Waals surface area contributed by atoms with Crippen molar-refractivity contribution < 1.29 is 9.53 Å². The van der Waals surface area contributed by atoms with Gasteiger partial charge in [-0.3, -0.25) is 4.79 Å². The summed E-state index contributed by atoms with van der Waals surface area (Å²) in [6.07, 6.45) is 2.01. The van der Waals surface area contributed by atoms with Crippen LogP contribution in [0, 0.1) is 6.92 Å². The highest BCUT2D eigenvalue weighted by Crippen LogP contribution is 2.19. The third-order valence-electron chi connectivity index (χ3n) is 2.66. The van der Waals surface area contributed by atoms with E-state index < -0.39 is 0 Å². The molecule has 1 N–H and O–H groups in total. The molecule has 0 unspecified atom stereocenters. The zero-order valence-electron chi connectivity index (χ0n) is 9.45.